The molecule has 2 aliphatic rings. The summed E-state index contributed by atoms with van der Waals surface area (Å²) in [7, 11) is 0. The number of aryl methyl sites for hydroxylation is 1. The number of halogens is 2. The number of ether oxygens (including phenoxy) is 2. The summed E-state index contributed by atoms with van der Waals surface area (Å²) in [6.45, 7) is 12.2. The molecule has 0 N–H and O–H groups in total. The zero-order chi connectivity index (χ0) is 27.5. The van der Waals surface area contributed by atoms with E-state index in [1.165, 1.54) is 4.57 Å². The number of nitrogens with zero attached hydrogens (tertiary/aromatic N) is 6. The highest BCUT2D eigenvalue weighted by Gasteiger charge is 2.38. The molecule has 0 bridgehead atoms. The van der Waals surface area contributed by atoms with E-state index in [-0.39, 0.29) is 41.7 Å². The minimum absolute atomic E-state index is 0.0147. The molecule has 0 radical (unpaired) electrons. The van der Waals surface area contributed by atoms with Crippen LogP contribution in [-0.4, -0.2) is 68.4 Å². The van der Waals surface area contributed by atoms with Crippen molar-refractivity contribution in [2.24, 2.45) is 0 Å². The van der Waals surface area contributed by atoms with Gasteiger partial charge >= 0.3 is 11.8 Å². The molecule has 0 unspecified atom stereocenters. The van der Waals surface area contributed by atoms with Crippen LogP contribution in [0.4, 0.5) is 15.0 Å². The number of rotatable bonds is 2. The normalized spacial score (nSPS) is 17.3. The van der Waals surface area contributed by atoms with Gasteiger partial charge in [0.25, 0.3) is 0 Å². The average Bonchev–Trinajstić information content (AvgIpc) is 2.99. The molecule has 38 heavy (non-hydrogen) atoms. The highest BCUT2D eigenvalue weighted by molar-refractivity contribution is 6.30. The Kier molecular flexibility index (Phi) is 6.45. The molecule has 3 aromatic heterocycles. The van der Waals surface area contributed by atoms with Crippen molar-refractivity contribution in [1.29, 1.82) is 0 Å². The van der Waals surface area contributed by atoms with E-state index >= 15 is 4.39 Å². The number of pyridine rings is 2. The van der Waals surface area contributed by atoms with Crippen molar-refractivity contribution in [2.45, 2.75) is 59.1 Å². The van der Waals surface area contributed by atoms with E-state index < -0.39 is 34.4 Å². The lowest BCUT2D eigenvalue weighted by atomic mass is 10.0. The molecule has 1 amide bonds. The van der Waals surface area contributed by atoms with Crippen LogP contribution >= 0.6 is 11.6 Å². The summed E-state index contributed by atoms with van der Waals surface area (Å²) < 4.78 is 28.2. The first-order valence-electron chi connectivity index (χ1n) is 12.5. The number of carbonyl (C=O) groups is 1. The average molecular weight is 545 g/mol. The first-order valence-corrected chi connectivity index (χ1v) is 12.9. The minimum atomic E-state index is -0.830. The zero-order valence-corrected chi connectivity index (χ0v) is 23.0. The van der Waals surface area contributed by atoms with Gasteiger partial charge in [-0.05, 0) is 45.2 Å². The van der Waals surface area contributed by atoms with E-state index in [1.54, 1.807) is 37.9 Å². The smallest absolute Gasteiger partial charge is 0.410 e. The molecule has 3 aromatic rings. The van der Waals surface area contributed by atoms with Gasteiger partial charge in [-0.25, -0.2) is 19.1 Å². The standard InChI is InChI=1S/C26H30ClFN6O4/c1-13(2)18-19(14(3)7-8-29-18)34-23-16-20(17(28)21(27)30-23)37-12-15-11-32(25(36)38-26(4,5)6)9-10-33(15)22(16)31-24(34)35/h7-8,13,15H,9-12H2,1-6H3/t15-/m0/s1. The van der Waals surface area contributed by atoms with E-state index in [2.05, 4.69) is 15.0 Å². The van der Waals surface area contributed by atoms with Gasteiger partial charge in [-0.15, -0.1) is 0 Å². The Balaban J connectivity index is 1.69. The Morgan fingerprint density at radius 2 is 2.00 bits per heavy atom. The molecule has 0 spiro atoms. The predicted octanol–water partition coefficient (Wildman–Crippen LogP) is 4.22. The predicted molar refractivity (Wildman–Crippen MR) is 141 cm³/mol. The molecular formula is C26H30ClFN6O4. The third-order valence-electron chi connectivity index (χ3n) is 6.61. The summed E-state index contributed by atoms with van der Waals surface area (Å²) in [5.41, 5.74) is 0.879. The molecule has 5 rings (SSSR count). The number of hydrogen-bond donors (Lipinski definition) is 0. The minimum Gasteiger partial charge on any atom is -0.487 e. The summed E-state index contributed by atoms with van der Waals surface area (Å²) in [5.74, 6) is -0.720. The molecule has 0 aliphatic carbocycles. The first kappa shape index (κ1) is 26.1. The van der Waals surface area contributed by atoms with Gasteiger partial charge in [0.05, 0.1) is 17.4 Å². The number of amides is 1. The van der Waals surface area contributed by atoms with Crippen LogP contribution in [0.3, 0.4) is 0 Å². The zero-order valence-electron chi connectivity index (χ0n) is 22.2. The van der Waals surface area contributed by atoms with E-state index in [4.69, 9.17) is 21.1 Å². The van der Waals surface area contributed by atoms with E-state index in [0.29, 0.717) is 24.5 Å². The molecule has 1 fully saturated rings. The van der Waals surface area contributed by atoms with Crippen molar-refractivity contribution < 1.29 is 18.7 Å². The monoisotopic (exact) mass is 544 g/mol. The fourth-order valence-corrected chi connectivity index (χ4v) is 5.10. The summed E-state index contributed by atoms with van der Waals surface area (Å²) >= 11 is 6.23. The summed E-state index contributed by atoms with van der Waals surface area (Å²) in [4.78, 5) is 43.1. The van der Waals surface area contributed by atoms with Crippen molar-refractivity contribution in [1.82, 2.24) is 24.4 Å². The van der Waals surface area contributed by atoms with Gasteiger partial charge in [0.1, 0.15) is 23.4 Å². The molecule has 12 heteroatoms. The molecule has 1 saturated heterocycles. The van der Waals surface area contributed by atoms with Gasteiger partial charge in [0.15, 0.2) is 16.5 Å². The number of aromatic nitrogens is 4. The SMILES string of the molecule is Cc1ccnc(C(C)C)c1-n1c(=O)nc2c3c(c(F)c(Cl)nc31)OC[C@@H]1CN(C(=O)OC(C)(C)C)CCN21. The molecule has 0 saturated carbocycles. The highest BCUT2D eigenvalue weighted by Crippen LogP contribution is 2.41. The molecule has 1 atom stereocenters. The van der Waals surface area contributed by atoms with Crippen LogP contribution in [0.25, 0.3) is 16.7 Å². The Labute approximate surface area is 224 Å². The second kappa shape index (κ2) is 9.37. The Hall–Kier alpha value is -3.47. The van der Waals surface area contributed by atoms with Crippen LogP contribution in [0, 0.1) is 12.7 Å². The maximum Gasteiger partial charge on any atom is 0.410 e. The molecule has 5 heterocycles. The van der Waals surface area contributed by atoms with Crippen molar-refractivity contribution in [2.75, 3.05) is 31.1 Å². The van der Waals surface area contributed by atoms with Crippen molar-refractivity contribution >= 4 is 34.5 Å². The molecule has 0 aromatic carbocycles. The number of anilines is 1. The van der Waals surface area contributed by atoms with Crippen molar-refractivity contribution in [3.8, 4) is 11.4 Å². The maximum absolute atomic E-state index is 15.4. The summed E-state index contributed by atoms with van der Waals surface area (Å²) in [6, 6.07) is 1.39. The highest BCUT2D eigenvalue weighted by atomic mass is 35.5. The van der Waals surface area contributed by atoms with Gasteiger partial charge < -0.3 is 19.3 Å². The van der Waals surface area contributed by atoms with Crippen LogP contribution < -0.4 is 15.3 Å². The van der Waals surface area contributed by atoms with Crippen LogP contribution in [0.2, 0.25) is 5.15 Å². The van der Waals surface area contributed by atoms with E-state index in [1.807, 2.05) is 25.7 Å². The molecular weight excluding hydrogens is 515 g/mol. The van der Waals surface area contributed by atoms with E-state index in [0.717, 1.165) is 5.56 Å². The number of piperazine rings is 1. The summed E-state index contributed by atoms with van der Waals surface area (Å²) in [6.07, 6.45) is 1.23. The summed E-state index contributed by atoms with van der Waals surface area (Å²) in [5, 5.41) is -0.168. The first-order chi connectivity index (χ1) is 17.9. The molecule has 10 nitrogen and oxygen atoms in total. The van der Waals surface area contributed by atoms with Crippen molar-refractivity contribution in [3.63, 3.8) is 0 Å². The van der Waals surface area contributed by atoms with Crippen LogP contribution in [0.1, 0.15) is 51.8 Å². The number of fused-ring (bicyclic) bond motifs is 2. The Bertz CT molecular complexity index is 1500. The number of hydrogen-bond acceptors (Lipinski definition) is 8. The topological polar surface area (TPSA) is 103 Å². The van der Waals surface area contributed by atoms with Crippen molar-refractivity contribution in [3.05, 3.63) is 45.0 Å². The van der Waals surface area contributed by atoms with Crippen LogP contribution in [0.5, 0.6) is 5.75 Å². The lowest BCUT2D eigenvalue weighted by Crippen LogP contribution is -2.57. The second-order valence-electron chi connectivity index (χ2n) is 10.9. The van der Waals surface area contributed by atoms with Crippen LogP contribution in [-0.2, 0) is 4.74 Å². The van der Waals surface area contributed by atoms with Crippen LogP contribution in [0.15, 0.2) is 17.1 Å². The van der Waals surface area contributed by atoms with Gasteiger partial charge in [0, 0.05) is 25.8 Å². The Morgan fingerprint density at radius 3 is 2.68 bits per heavy atom. The third-order valence-corrected chi connectivity index (χ3v) is 6.87. The largest absolute Gasteiger partial charge is 0.487 e. The maximum atomic E-state index is 15.4. The van der Waals surface area contributed by atoms with Gasteiger partial charge in [-0.2, -0.15) is 9.37 Å². The Morgan fingerprint density at radius 1 is 1.26 bits per heavy atom. The third kappa shape index (κ3) is 4.42. The van der Waals surface area contributed by atoms with Gasteiger partial charge in [-0.1, -0.05) is 25.4 Å². The fourth-order valence-electron chi connectivity index (χ4n) is 4.93. The number of carbonyl (C=O) groups excluding carboxylic acids is 1. The molecule has 2 aliphatic heterocycles. The van der Waals surface area contributed by atoms with Gasteiger partial charge in [-0.3, -0.25) is 4.98 Å². The molecule has 202 valence electrons. The van der Waals surface area contributed by atoms with Gasteiger partial charge in [0.2, 0.25) is 5.82 Å². The lowest BCUT2D eigenvalue weighted by molar-refractivity contribution is 0.0201. The fraction of sp³-hybridized carbons (Fsp3) is 0.500. The second-order valence-corrected chi connectivity index (χ2v) is 11.3. The lowest BCUT2D eigenvalue weighted by Gasteiger charge is -2.41. The quantitative estimate of drug-likeness (QED) is 0.442. The van der Waals surface area contributed by atoms with E-state index in [9.17, 15) is 9.59 Å².